The molecule has 0 aliphatic carbocycles. The molecular weight excluding hydrogens is 504 g/mol. The first-order valence-corrected chi connectivity index (χ1v) is 8.58. The normalized spacial score (nSPS) is 10.8. The summed E-state index contributed by atoms with van der Waals surface area (Å²) in [4.78, 5) is 15.4. The topological polar surface area (TPSA) is 79.7 Å². The van der Waals surface area contributed by atoms with E-state index in [0.717, 1.165) is 11.3 Å². The largest absolute Gasteiger partial charge is 0.453 e. The van der Waals surface area contributed by atoms with Crippen LogP contribution in [0.5, 0.6) is 0 Å². The standard InChI is InChI=1S/C17H21Cl2N5O2.HI/c1-20-16(22-10-13-8-14(18)15(19)24(13)2)21-9-11-4-6-12(7-5-11)23-17(25)26-3;/h4-8H,9-10H2,1-3H3,(H,23,25)(H2,20,21,22);1H. The minimum Gasteiger partial charge on any atom is -0.453 e. The molecule has 0 radical (unpaired) electrons. The van der Waals surface area contributed by atoms with Crippen molar-refractivity contribution in [3.8, 4) is 0 Å². The minimum atomic E-state index is -0.499. The molecule has 0 saturated heterocycles. The summed E-state index contributed by atoms with van der Waals surface area (Å²) in [7, 11) is 4.87. The lowest BCUT2D eigenvalue weighted by molar-refractivity contribution is 0.187. The van der Waals surface area contributed by atoms with Crippen LogP contribution in [0.4, 0.5) is 10.5 Å². The van der Waals surface area contributed by atoms with Crippen LogP contribution < -0.4 is 16.0 Å². The second-order valence-electron chi connectivity index (χ2n) is 5.43. The van der Waals surface area contributed by atoms with Gasteiger partial charge in [-0.1, -0.05) is 35.3 Å². The number of aromatic nitrogens is 1. The van der Waals surface area contributed by atoms with Crippen molar-refractivity contribution in [3.05, 3.63) is 51.8 Å². The van der Waals surface area contributed by atoms with Crippen LogP contribution in [0.3, 0.4) is 0 Å². The Morgan fingerprint density at radius 3 is 2.33 bits per heavy atom. The number of methoxy groups -OCH3 is 1. The number of guanidine groups is 1. The zero-order valence-corrected chi connectivity index (χ0v) is 19.0. The van der Waals surface area contributed by atoms with Crippen LogP contribution in [0, 0.1) is 0 Å². The maximum atomic E-state index is 11.2. The molecule has 148 valence electrons. The van der Waals surface area contributed by atoms with Gasteiger partial charge in [-0.05, 0) is 23.8 Å². The average molecular weight is 526 g/mol. The Bertz CT molecular complexity index is 793. The SMILES string of the molecule is CN=C(NCc1ccc(NC(=O)OC)cc1)NCc1cc(Cl)c(Cl)n1C.I. The number of carbonyl (C=O) groups excluding carboxylic acids is 1. The highest BCUT2D eigenvalue weighted by Crippen LogP contribution is 2.24. The summed E-state index contributed by atoms with van der Waals surface area (Å²) in [6, 6.07) is 9.23. The van der Waals surface area contributed by atoms with E-state index in [0.29, 0.717) is 34.9 Å². The smallest absolute Gasteiger partial charge is 0.411 e. The predicted octanol–water partition coefficient (Wildman–Crippen LogP) is 3.99. The van der Waals surface area contributed by atoms with Gasteiger partial charge in [-0.15, -0.1) is 24.0 Å². The van der Waals surface area contributed by atoms with E-state index in [1.807, 2.05) is 29.8 Å². The Morgan fingerprint density at radius 2 is 1.81 bits per heavy atom. The van der Waals surface area contributed by atoms with E-state index in [9.17, 15) is 4.79 Å². The second kappa shape index (κ2) is 11.3. The summed E-state index contributed by atoms with van der Waals surface area (Å²) in [5.74, 6) is 0.648. The van der Waals surface area contributed by atoms with Crippen LogP contribution >= 0.6 is 47.2 Å². The van der Waals surface area contributed by atoms with Crippen molar-refractivity contribution in [1.29, 1.82) is 0 Å². The van der Waals surface area contributed by atoms with Crippen LogP contribution in [0.1, 0.15) is 11.3 Å². The summed E-state index contributed by atoms with van der Waals surface area (Å²) < 4.78 is 6.37. The summed E-state index contributed by atoms with van der Waals surface area (Å²) in [6.45, 7) is 1.11. The summed E-state index contributed by atoms with van der Waals surface area (Å²) >= 11 is 12.1. The van der Waals surface area contributed by atoms with Crippen molar-refractivity contribution in [2.45, 2.75) is 13.1 Å². The zero-order valence-electron chi connectivity index (χ0n) is 15.2. The van der Waals surface area contributed by atoms with Gasteiger partial charge in [-0.2, -0.15) is 0 Å². The Labute approximate surface area is 185 Å². The van der Waals surface area contributed by atoms with Crippen molar-refractivity contribution >= 4 is 64.9 Å². The molecule has 7 nitrogen and oxygen atoms in total. The van der Waals surface area contributed by atoms with Gasteiger partial charge in [-0.25, -0.2) is 4.79 Å². The lowest BCUT2D eigenvalue weighted by Crippen LogP contribution is -2.36. The fourth-order valence-electron chi connectivity index (χ4n) is 2.21. The van der Waals surface area contributed by atoms with Crippen molar-refractivity contribution in [1.82, 2.24) is 15.2 Å². The van der Waals surface area contributed by atoms with Gasteiger partial charge in [0, 0.05) is 32.0 Å². The Kier molecular flexibility index (Phi) is 9.75. The molecule has 0 aliphatic heterocycles. The highest BCUT2D eigenvalue weighted by atomic mass is 127. The first-order chi connectivity index (χ1) is 12.4. The van der Waals surface area contributed by atoms with Crippen molar-refractivity contribution in [2.75, 3.05) is 19.5 Å². The minimum absolute atomic E-state index is 0. The van der Waals surface area contributed by atoms with E-state index >= 15 is 0 Å². The van der Waals surface area contributed by atoms with Gasteiger partial charge in [0.15, 0.2) is 5.96 Å². The van der Waals surface area contributed by atoms with Gasteiger partial charge < -0.3 is 19.9 Å². The number of benzene rings is 1. The fourth-order valence-corrected chi connectivity index (χ4v) is 2.63. The van der Waals surface area contributed by atoms with Crippen molar-refractivity contribution in [2.24, 2.45) is 12.0 Å². The van der Waals surface area contributed by atoms with Gasteiger partial charge in [0.2, 0.25) is 0 Å². The number of amides is 1. The summed E-state index contributed by atoms with van der Waals surface area (Å²) in [6.07, 6.45) is -0.499. The molecule has 0 aliphatic rings. The monoisotopic (exact) mass is 525 g/mol. The zero-order chi connectivity index (χ0) is 19.1. The molecule has 1 aromatic carbocycles. The van der Waals surface area contributed by atoms with E-state index in [1.54, 1.807) is 19.2 Å². The molecule has 0 bridgehead atoms. The van der Waals surface area contributed by atoms with Gasteiger partial charge in [0.05, 0.1) is 18.7 Å². The van der Waals surface area contributed by atoms with Crippen molar-refractivity contribution in [3.63, 3.8) is 0 Å². The molecule has 0 spiro atoms. The first kappa shape index (κ1) is 23.4. The molecule has 0 atom stereocenters. The van der Waals surface area contributed by atoms with Gasteiger partial charge in [0.25, 0.3) is 0 Å². The maximum Gasteiger partial charge on any atom is 0.411 e. The number of hydrogen-bond acceptors (Lipinski definition) is 3. The van der Waals surface area contributed by atoms with Gasteiger partial charge in [-0.3, -0.25) is 10.3 Å². The molecule has 1 heterocycles. The third-order valence-corrected chi connectivity index (χ3v) is 4.56. The van der Waals surface area contributed by atoms with E-state index in [1.165, 1.54) is 7.11 Å². The highest BCUT2D eigenvalue weighted by Gasteiger charge is 2.09. The Hall–Kier alpha value is -1.65. The maximum absolute atomic E-state index is 11.2. The van der Waals surface area contributed by atoms with E-state index in [4.69, 9.17) is 23.2 Å². The molecule has 3 N–H and O–H groups in total. The van der Waals surface area contributed by atoms with Gasteiger partial charge >= 0.3 is 6.09 Å². The molecular formula is C17H22Cl2IN5O2. The third-order valence-electron chi connectivity index (χ3n) is 3.72. The second-order valence-corrected chi connectivity index (χ2v) is 6.19. The number of anilines is 1. The highest BCUT2D eigenvalue weighted by molar-refractivity contribution is 14.0. The van der Waals surface area contributed by atoms with E-state index in [-0.39, 0.29) is 24.0 Å². The first-order valence-electron chi connectivity index (χ1n) is 7.82. The Morgan fingerprint density at radius 1 is 1.19 bits per heavy atom. The summed E-state index contributed by atoms with van der Waals surface area (Å²) in [5, 5.41) is 10.1. The molecule has 10 heteroatoms. The number of ether oxygens (including phenoxy) is 1. The fraction of sp³-hybridized carbons (Fsp3) is 0.294. The number of nitrogens with one attached hydrogen (secondary N) is 3. The number of carbonyl (C=O) groups is 1. The number of aliphatic imine (C=N–C) groups is 1. The quantitative estimate of drug-likeness (QED) is 0.313. The van der Waals surface area contributed by atoms with Crippen LogP contribution in [-0.4, -0.2) is 30.8 Å². The molecule has 2 aromatic rings. The lowest BCUT2D eigenvalue weighted by atomic mass is 10.2. The number of hydrogen-bond donors (Lipinski definition) is 3. The van der Waals surface area contributed by atoms with Crippen LogP contribution in [-0.2, 0) is 24.9 Å². The van der Waals surface area contributed by atoms with Crippen molar-refractivity contribution < 1.29 is 9.53 Å². The van der Waals surface area contributed by atoms with Crippen LogP contribution in [0.15, 0.2) is 35.3 Å². The molecule has 1 amide bonds. The molecule has 0 unspecified atom stereocenters. The van der Waals surface area contributed by atoms with Gasteiger partial charge in [0.1, 0.15) is 5.15 Å². The molecule has 2 rings (SSSR count). The Balaban J connectivity index is 0.00000364. The molecule has 1 aromatic heterocycles. The molecule has 0 saturated carbocycles. The average Bonchev–Trinajstić information content (AvgIpc) is 2.90. The molecule has 0 fully saturated rings. The number of rotatable bonds is 5. The van der Waals surface area contributed by atoms with E-state index in [2.05, 4.69) is 25.7 Å². The van der Waals surface area contributed by atoms with Crippen LogP contribution in [0.2, 0.25) is 10.2 Å². The molecule has 27 heavy (non-hydrogen) atoms. The third kappa shape index (κ3) is 6.78. The number of halogens is 3. The lowest BCUT2D eigenvalue weighted by Gasteiger charge is -2.13. The number of nitrogens with zero attached hydrogens (tertiary/aromatic N) is 2. The summed E-state index contributed by atoms with van der Waals surface area (Å²) in [5.41, 5.74) is 2.65. The van der Waals surface area contributed by atoms with E-state index < -0.39 is 6.09 Å². The van der Waals surface area contributed by atoms with Crippen LogP contribution in [0.25, 0.3) is 0 Å². The predicted molar refractivity (Wildman–Crippen MR) is 120 cm³/mol.